The minimum atomic E-state index is -1.25. The SMILES string of the molecule is Cc1c(C(O[SiH](C)C)C(C)(C)C)sc2c1C(c1ccc(Cl)cc1)=NCc1nnc(C)n1-2. The largest absolute Gasteiger partial charge is 0.412 e. The average molecular weight is 473 g/mol. The summed E-state index contributed by atoms with van der Waals surface area (Å²) >= 11 is 7.95. The second-order valence-corrected chi connectivity index (χ2v) is 13.2. The van der Waals surface area contributed by atoms with Crippen molar-refractivity contribution < 1.29 is 4.43 Å². The van der Waals surface area contributed by atoms with Gasteiger partial charge in [-0.05, 0) is 50.1 Å². The molecule has 1 aromatic carbocycles. The molecular formula is C23H29ClN4OSSi. The molecule has 2 aromatic heterocycles. The summed E-state index contributed by atoms with van der Waals surface area (Å²) in [5.41, 5.74) is 4.39. The third-order valence-electron chi connectivity index (χ3n) is 5.43. The van der Waals surface area contributed by atoms with Gasteiger partial charge in [-0.3, -0.25) is 9.56 Å². The summed E-state index contributed by atoms with van der Waals surface area (Å²) in [6.45, 7) is 15.9. The zero-order valence-corrected chi connectivity index (χ0v) is 21.9. The molecule has 0 spiro atoms. The van der Waals surface area contributed by atoms with Crippen molar-refractivity contribution in [2.75, 3.05) is 0 Å². The lowest BCUT2D eigenvalue weighted by atomic mass is 9.86. The van der Waals surface area contributed by atoms with E-state index in [2.05, 4.69) is 55.6 Å². The van der Waals surface area contributed by atoms with Crippen molar-refractivity contribution in [3.63, 3.8) is 0 Å². The third kappa shape index (κ3) is 4.16. The van der Waals surface area contributed by atoms with Gasteiger partial charge in [-0.15, -0.1) is 21.5 Å². The van der Waals surface area contributed by atoms with Crippen molar-refractivity contribution in [1.29, 1.82) is 0 Å². The van der Waals surface area contributed by atoms with Crippen LogP contribution in [0.1, 0.15) is 60.1 Å². The van der Waals surface area contributed by atoms with Crippen LogP contribution in [-0.4, -0.2) is 29.5 Å². The number of thiophene rings is 1. The van der Waals surface area contributed by atoms with E-state index in [1.165, 1.54) is 10.4 Å². The van der Waals surface area contributed by atoms with E-state index in [-0.39, 0.29) is 11.5 Å². The van der Waals surface area contributed by atoms with Gasteiger partial charge in [0.2, 0.25) is 0 Å². The van der Waals surface area contributed by atoms with Crippen molar-refractivity contribution >= 4 is 37.7 Å². The lowest BCUT2D eigenvalue weighted by Crippen LogP contribution is -2.25. The maximum Gasteiger partial charge on any atom is 0.171 e. The molecular weight excluding hydrogens is 444 g/mol. The summed E-state index contributed by atoms with van der Waals surface area (Å²) in [7, 11) is -1.25. The molecule has 0 aliphatic carbocycles. The molecule has 1 aliphatic rings. The highest BCUT2D eigenvalue weighted by Gasteiger charge is 2.35. The number of nitrogens with zero attached hydrogens (tertiary/aromatic N) is 4. The van der Waals surface area contributed by atoms with Crippen LogP contribution in [0.25, 0.3) is 5.00 Å². The summed E-state index contributed by atoms with van der Waals surface area (Å²) in [5.74, 6) is 1.74. The summed E-state index contributed by atoms with van der Waals surface area (Å²) in [4.78, 5) is 6.27. The molecule has 1 aliphatic heterocycles. The zero-order valence-electron chi connectivity index (χ0n) is 19.2. The second kappa shape index (κ2) is 8.28. The van der Waals surface area contributed by atoms with Crippen LogP contribution < -0.4 is 0 Å². The van der Waals surface area contributed by atoms with Gasteiger partial charge in [0.25, 0.3) is 0 Å². The average Bonchev–Trinajstić information content (AvgIpc) is 3.15. The molecule has 0 saturated carbocycles. The van der Waals surface area contributed by atoms with Gasteiger partial charge in [0.05, 0.1) is 11.8 Å². The van der Waals surface area contributed by atoms with Crippen molar-refractivity contribution in [3.8, 4) is 5.00 Å². The van der Waals surface area contributed by atoms with Crippen LogP contribution in [0.5, 0.6) is 0 Å². The molecule has 3 heterocycles. The fourth-order valence-electron chi connectivity index (χ4n) is 3.98. The Hall–Kier alpha value is -1.80. The molecule has 3 aromatic rings. The maximum atomic E-state index is 6.60. The molecule has 8 heteroatoms. The lowest BCUT2D eigenvalue weighted by molar-refractivity contribution is 0.0893. The van der Waals surface area contributed by atoms with E-state index in [1.807, 2.05) is 31.2 Å². The molecule has 1 unspecified atom stereocenters. The molecule has 0 N–H and O–H groups in total. The highest BCUT2D eigenvalue weighted by Crippen LogP contribution is 2.46. The fourth-order valence-corrected chi connectivity index (χ4v) is 6.95. The Kier molecular flexibility index (Phi) is 5.98. The van der Waals surface area contributed by atoms with E-state index in [4.69, 9.17) is 21.0 Å². The Balaban J connectivity index is 1.98. The molecule has 4 rings (SSSR count). The van der Waals surface area contributed by atoms with Crippen LogP contribution >= 0.6 is 22.9 Å². The topological polar surface area (TPSA) is 52.3 Å². The van der Waals surface area contributed by atoms with Gasteiger partial charge in [0.1, 0.15) is 17.4 Å². The number of fused-ring (bicyclic) bond motifs is 3. The normalized spacial score (nSPS) is 14.8. The molecule has 0 amide bonds. The van der Waals surface area contributed by atoms with Crippen LogP contribution in [0.4, 0.5) is 0 Å². The molecule has 0 radical (unpaired) electrons. The highest BCUT2D eigenvalue weighted by molar-refractivity contribution is 7.15. The van der Waals surface area contributed by atoms with Crippen molar-refractivity contribution in [2.45, 2.75) is 60.4 Å². The molecule has 31 heavy (non-hydrogen) atoms. The quantitative estimate of drug-likeness (QED) is 0.435. The predicted molar refractivity (Wildman–Crippen MR) is 132 cm³/mol. The lowest BCUT2D eigenvalue weighted by Gasteiger charge is -2.32. The number of halogens is 1. The van der Waals surface area contributed by atoms with E-state index in [1.54, 1.807) is 11.3 Å². The number of hydrogen-bond acceptors (Lipinski definition) is 5. The van der Waals surface area contributed by atoms with Crippen molar-refractivity contribution in [2.24, 2.45) is 10.4 Å². The van der Waals surface area contributed by atoms with E-state index < -0.39 is 9.04 Å². The first kappa shape index (κ1) is 22.4. The summed E-state index contributed by atoms with van der Waals surface area (Å²) in [5, 5.41) is 10.6. The Labute approximate surface area is 194 Å². The first-order valence-corrected chi connectivity index (χ1v) is 14.6. The smallest absolute Gasteiger partial charge is 0.171 e. The predicted octanol–water partition coefficient (Wildman–Crippen LogP) is 6.04. The van der Waals surface area contributed by atoms with Gasteiger partial charge >= 0.3 is 0 Å². The molecule has 5 nitrogen and oxygen atoms in total. The van der Waals surface area contributed by atoms with Crippen LogP contribution in [0.2, 0.25) is 18.1 Å². The monoisotopic (exact) mass is 472 g/mol. The van der Waals surface area contributed by atoms with E-state index in [9.17, 15) is 0 Å². The van der Waals surface area contributed by atoms with Gasteiger partial charge in [-0.2, -0.15) is 0 Å². The number of hydrogen-bond donors (Lipinski definition) is 0. The van der Waals surface area contributed by atoms with Crippen molar-refractivity contribution in [3.05, 3.63) is 62.5 Å². The summed E-state index contributed by atoms with van der Waals surface area (Å²) in [6, 6.07) is 7.92. The first-order valence-electron chi connectivity index (χ1n) is 10.6. The van der Waals surface area contributed by atoms with Crippen LogP contribution in [0, 0.1) is 19.3 Å². The zero-order chi connectivity index (χ0) is 22.5. The van der Waals surface area contributed by atoms with E-state index in [0.717, 1.165) is 38.5 Å². The minimum absolute atomic E-state index is 0.0197. The van der Waals surface area contributed by atoms with Gasteiger partial charge < -0.3 is 4.43 Å². The van der Waals surface area contributed by atoms with Crippen LogP contribution in [0.15, 0.2) is 29.3 Å². The Bertz CT molecular complexity index is 1140. The molecule has 0 bridgehead atoms. The summed E-state index contributed by atoms with van der Waals surface area (Å²) < 4.78 is 8.76. The maximum absolute atomic E-state index is 6.60. The molecule has 0 saturated heterocycles. The van der Waals surface area contributed by atoms with Gasteiger partial charge in [0.15, 0.2) is 14.9 Å². The molecule has 164 valence electrons. The number of aryl methyl sites for hydroxylation is 1. The second-order valence-electron chi connectivity index (χ2n) is 9.37. The number of aromatic nitrogens is 3. The molecule has 1 atom stereocenters. The number of aliphatic imine (C=N–C) groups is 1. The van der Waals surface area contributed by atoms with E-state index >= 15 is 0 Å². The number of rotatable bonds is 4. The Morgan fingerprint density at radius 2 is 1.81 bits per heavy atom. The Morgan fingerprint density at radius 3 is 2.42 bits per heavy atom. The van der Waals surface area contributed by atoms with Gasteiger partial charge in [0, 0.05) is 21.0 Å². The standard InChI is InChI=1S/C23H29ClN4OSSi/c1-13-18-19(15-8-10-16(24)11-9-15)25-12-17-27-26-14(2)28(17)22(18)30-20(13)21(23(3,4)5)29-31(6)7/h8-11,21,31H,12H2,1-7H3. The van der Waals surface area contributed by atoms with Gasteiger partial charge in [-0.25, -0.2) is 0 Å². The van der Waals surface area contributed by atoms with Crippen LogP contribution in [-0.2, 0) is 11.0 Å². The Morgan fingerprint density at radius 1 is 1.13 bits per heavy atom. The van der Waals surface area contributed by atoms with Gasteiger partial charge in [-0.1, -0.05) is 44.5 Å². The number of benzene rings is 1. The highest BCUT2D eigenvalue weighted by atomic mass is 35.5. The molecule has 0 fully saturated rings. The minimum Gasteiger partial charge on any atom is -0.412 e. The van der Waals surface area contributed by atoms with E-state index in [0.29, 0.717) is 6.54 Å². The van der Waals surface area contributed by atoms with Crippen molar-refractivity contribution in [1.82, 2.24) is 14.8 Å². The van der Waals surface area contributed by atoms with Crippen LogP contribution in [0.3, 0.4) is 0 Å². The fraction of sp³-hybridized carbons (Fsp3) is 0.435. The summed E-state index contributed by atoms with van der Waals surface area (Å²) in [6.07, 6.45) is 0.0304. The third-order valence-corrected chi connectivity index (χ3v) is 7.81. The first-order chi connectivity index (χ1) is 14.6.